The maximum Gasteiger partial charge on any atom is 0.117 e. The molecule has 0 bridgehead atoms. The molecule has 1 atom stereocenters. The van der Waals surface area contributed by atoms with Gasteiger partial charge in [-0.05, 0) is 13.8 Å². The van der Waals surface area contributed by atoms with E-state index >= 15 is 0 Å². The van der Waals surface area contributed by atoms with Crippen LogP contribution in [-0.2, 0) is 0 Å². The summed E-state index contributed by atoms with van der Waals surface area (Å²) in [7, 11) is 0. The first-order valence-electron chi connectivity index (χ1n) is 2.94. The second kappa shape index (κ2) is 4.17. The molecular weight excluding hydrogens is 112 g/mol. The van der Waals surface area contributed by atoms with Crippen LogP contribution < -0.4 is 0 Å². The molecule has 0 amide bonds. The van der Waals surface area contributed by atoms with E-state index in [1.54, 1.807) is 0 Å². The van der Waals surface area contributed by atoms with E-state index in [1.807, 2.05) is 19.9 Å². The summed E-state index contributed by atoms with van der Waals surface area (Å²) >= 11 is 0. The van der Waals surface area contributed by atoms with E-state index in [-0.39, 0.29) is 0 Å². The lowest BCUT2D eigenvalue weighted by molar-refractivity contribution is 0.236. The molecule has 9 heavy (non-hydrogen) atoms. The molecule has 0 fully saturated rings. The highest BCUT2D eigenvalue weighted by Gasteiger charge is 1.92. The van der Waals surface area contributed by atoms with Crippen molar-refractivity contribution >= 4 is 0 Å². The van der Waals surface area contributed by atoms with Gasteiger partial charge in [0.15, 0.2) is 0 Å². The van der Waals surface area contributed by atoms with E-state index in [0.29, 0.717) is 6.42 Å². The molecule has 0 radical (unpaired) electrons. The molecule has 0 heterocycles. The third kappa shape index (κ3) is 5.13. The van der Waals surface area contributed by atoms with E-state index < -0.39 is 6.10 Å². The van der Waals surface area contributed by atoms with Crippen molar-refractivity contribution in [2.24, 2.45) is 0 Å². The molecule has 1 nitrogen and oxygen atoms in total. The molecule has 0 aliphatic rings. The van der Waals surface area contributed by atoms with Gasteiger partial charge in [-0.3, -0.25) is 0 Å². The summed E-state index contributed by atoms with van der Waals surface area (Å²) < 4.78 is 0. The molecule has 0 saturated heterocycles. The third-order valence-electron chi connectivity index (χ3n) is 0.942. The fourth-order valence-electron chi connectivity index (χ4n) is 0.415. The predicted molar refractivity (Wildman–Crippen MR) is 38.9 cm³/mol. The zero-order valence-corrected chi connectivity index (χ0v) is 5.89. The second-order valence-corrected chi connectivity index (χ2v) is 2.20. The monoisotopic (exact) mass is 124 g/mol. The second-order valence-electron chi connectivity index (χ2n) is 2.20. The van der Waals surface area contributed by atoms with E-state index in [4.69, 9.17) is 11.5 Å². The Morgan fingerprint density at radius 2 is 2.33 bits per heavy atom. The Kier molecular flexibility index (Phi) is 3.83. The Hall–Kier alpha value is -0.740. The fourth-order valence-corrected chi connectivity index (χ4v) is 0.415. The zero-order valence-electron chi connectivity index (χ0n) is 5.89. The minimum absolute atomic E-state index is 0.568. The molecule has 1 heteroatoms. The molecule has 0 spiro atoms. The highest BCUT2D eigenvalue weighted by molar-refractivity contribution is 5.01. The number of rotatable bonds is 2. The summed E-state index contributed by atoms with van der Waals surface area (Å²) in [6, 6.07) is 0. The Balaban J connectivity index is 3.53. The van der Waals surface area contributed by atoms with Crippen LogP contribution in [0, 0.1) is 12.3 Å². The van der Waals surface area contributed by atoms with Crippen LogP contribution in [0.25, 0.3) is 0 Å². The Morgan fingerprint density at radius 1 is 1.78 bits per heavy atom. The van der Waals surface area contributed by atoms with Crippen LogP contribution in [0.1, 0.15) is 20.3 Å². The Labute approximate surface area is 56.4 Å². The molecule has 0 aromatic heterocycles. The standard InChI is InChI=1S/C8H12O/c1-4-8(9)6-5-7(2)3/h1,5,8-9H,6H2,2-3H3/t8-/m0/s1. The SMILES string of the molecule is C#C[C@H](O)CC=C(C)C. The van der Waals surface area contributed by atoms with Crippen LogP contribution in [0.4, 0.5) is 0 Å². The number of hydrogen-bond acceptors (Lipinski definition) is 1. The molecular formula is C8H12O. The highest BCUT2D eigenvalue weighted by atomic mass is 16.3. The van der Waals surface area contributed by atoms with Crippen molar-refractivity contribution in [2.75, 3.05) is 0 Å². The van der Waals surface area contributed by atoms with Gasteiger partial charge in [-0.15, -0.1) is 6.42 Å². The van der Waals surface area contributed by atoms with Crippen molar-refractivity contribution in [1.29, 1.82) is 0 Å². The van der Waals surface area contributed by atoms with E-state index in [0.717, 1.165) is 0 Å². The number of terminal acetylenes is 1. The van der Waals surface area contributed by atoms with Crippen molar-refractivity contribution in [3.05, 3.63) is 11.6 Å². The summed E-state index contributed by atoms with van der Waals surface area (Å²) in [5, 5.41) is 8.83. The van der Waals surface area contributed by atoms with Crippen LogP contribution in [0.5, 0.6) is 0 Å². The minimum Gasteiger partial charge on any atom is -0.380 e. The average Bonchev–Trinajstić information content (AvgIpc) is 1.83. The number of aliphatic hydroxyl groups is 1. The van der Waals surface area contributed by atoms with Crippen molar-refractivity contribution in [1.82, 2.24) is 0 Å². The van der Waals surface area contributed by atoms with Gasteiger partial charge in [0, 0.05) is 6.42 Å². The summed E-state index contributed by atoms with van der Waals surface area (Å²) in [6.45, 7) is 3.95. The highest BCUT2D eigenvalue weighted by Crippen LogP contribution is 1.96. The smallest absolute Gasteiger partial charge is 0.117 e. The summed E-state index contributed by atoms with van der Waals surface area (Å²) in [5.41, 5.74) is 1.18. The van der Waals surface area contributed by atoms with Crippen LogP contribution in [-0.4, -0.2) is 11.2 Å². The lowest BCUT2D eigenvalue weighted by atomic mass is 10.2. The average molecular weight is 124 g/mol. The van der Waals surface area contributed by atoms with Gasteiger partial charge in [-0.1, -0.05) is 17.6 Å². The molecule has 0 aliphatic heterocycles. The van der Waals surface area contributed by atoms with Crippen LogP contribution in [0.2, 0.25) is 0 Å². The molecule has 0 aromatic rings. The summed E-state index contributed by atoms with van der Waals surface area (Å²) in [5.74, 6) is 2.23. The van der Waals surface area contributed by atoms with Gasteiger partial charge in [-0.2, -0.15) is 0 Å². The number of aliphatic hydroxyl groups excluding tert-OH is 1. The van der Waals surface area contributed by atoms with Gasteiger partial charge in [-0.25, -0.2) is 0 Å². The third-order valence-corrected chi connectivity index (χ3v) is 0.942. The van der Waals surface area contributed by atoms with Gasteiger partial charge < -0.3 is 5.11 Å². The lowest BCUT2D eigenvalue weighted by Gasteiger charge is -1.96. The molecule has 0 rings (SSSR count). The van der Waals surface area contributed by atoms with E-state index in [1.165, 1.54) is 5.57 Å². The largest absolute Gasteiger partial charge is 0.380 e. The maximum atomic E-state index is 8.83. The van der Waals surface area contributed by atoms with Crippen LogP contribution in [0.15, 0.2) is 11.6 Å². The fraction of sp³-hybridized carbons (Fsp3) is 0.500. The zero-order chi connectivity index (χ0) is 7.28. The first kappa shape index (κ1) is 8.26. The topological polar surface area (TPSA) is 20.2 Å². The predicted octanol–water partition coefficient (Wildman–Crippen LogP) is 1.34. The van der Waals surface area contributed by atoms with Crippen LogP contribution in [0.3, 0.4) is 0 Å². The molecule has 0 unspecified atom stereocenters. The first-order valence-corrected chi connectivity index (χ1v) is 2.94. The van der Waals surface area contributed by atoms with Crippen molar-refractivity contribution in [2.45, 2.75) is 26.4 Å². The van der Waals surface area contributed by atoms with Crippen molar-refractivity contribution in [3.63, 3.8) is 0 Å². The van der Waals surface area contributed by atoms with Crippen molar-refractivity contribution in [3.8, 4) is 12.3 Å². The number of hydrogen-bond donors (Lipinski definition) is 1. The number of allylic oxidation sites excluding steroid dienone is 1. The molecule has 0 saturated carbocycles. The quantitative estimate of drug-likeness (QED) is 0.435. The Morgan fingerprint density at radius 3 is 2.67 bits per heavy atom. The normalized spacial score (nSPS) is 11.8. The first-order chi connectivity index (χ1) is 4.16. The molecule has 50 valence electrons. The molecule has 0 aromatic carbocycles. The van der Waals surface area contributed by atoms with Gasteiger partial charge in [0.1, 0.15) is 6.10 Å². The van der Waals surface area contributed by atoms with Gasteiger partial charge in [0.25, 0.3) is 0 Å². The van der Waals surface area contributed by atoms with Gasteiger partial charge in [0.05, 0.1) is 0 Å². The minimum atomic E-state index is -0.611. The maximum absolute atomic E-state index is 8.83. The molecule has 1 N–H and O–H groups in total. The Bertz CT molecular complexity index is 135. The van der Waals surface area contributed by atoms with E-state index in [9.17, 15) is 0 Å². The molecule has 0 aliphatic carbocycles. The van der Waals surface area contributed by atoms with Crippen LogP contribution >= 0.6 is 0 Å². The lowest BCUT2D eigenvalue weighted by Crippen LogP contribution is -1.99. The van der Waals surface area contributed by atoms with Gasteiger partial charge >= 0.3 is 0 Å². The van der Waals surface area contributed by atoms with Gasteiger partial charge in [0.2, 0.25) is 0 Å². The summed E-state index contributed by atoms with van der Waals surface area (Å²) in [6.07, 6.45) is 6.81. The van der Waals surface area contributed by atoms with Crippen molar-refractivity contribution < 1.29 is 5.11 Å². The summed E-state index contributed by atoms with van der Waals surface area (Å²) in [4.78, 5) is 0. The van der Waals surface area contributed by atoms with E-state index in [2.05, 4.69) is 5.92 Å².